The Morgan fingerprint density at radius 2 is 2.04 bits per heavy atom. The monoisotopic (exact) mass is 380 g/mol. The van der Waals surface area contributed by atoms with Gasteiger partial charge in [-0.3, -0.25) is 9.78 Å². The molecule has 0 aliphatic heterocycles. The van der Waals surface area contributed by atoms with Crippen molar-refractivity contribution in [2.75, 3.05) is 16.8 Å². The van der Waals surface area contributed by atoms with E-state index in [4.69, 9.17) is 5.73 Å². The minimum atomic E-state index is -0.0721. The Morgan fingerprint density at radius 3 is 2.78 bits per heavy atom. The van der Waals surface area contributed by atoms with Crippen molar-refractivity contribution in [2.24, 2.45) is 0 Å². The molecule has 0 radical (unpaired) electrons. The quantitative estimate of drug-likeness (QED) is 0.454. The maximum absolute atomic E-state index is 12.4. The summed E-state index contributed by atoms with van der Waals surface area (Å²) < 4.78 is 0. The SMILES string of the molecule is CCSc1cnc(C(=O)Cc2ccnc(CNc3cccnc3N)c2)cn1. The average molecular weight is 380 g/mol. The van der Waals surface area contributed by atoms with Gasteiger partial charge in [0.1, 0.15) is 16.5 Å². The van der Waals surface area contributed by atoms with Gasteiger partial charge in [0.15, 0.2) is 5.78 Å². The lowest BCUT2D eigenvalue weighted by atomic mass is 10.1. The molecule has 3 aromatic heterocycles. The van der Waals surface area contributed by atoms with Gasteiger partial charge in [-0.1, -0.05) is 6.92 Å². The number of pyridine rings is 2. The number of nitrogens with zero attached hydrogens (tertiary/aromatic N) is 4. The van der Waals surface area contributed by atoms with Crippen LogP contribution in [-0.2, 0) is 13.0 Å². The van der Waals surface area contributed by atoms with E-state index < -0.39 is 0 Å². The van der Waals surface area contributed by atoms with Gasteiger partial charge in [-0.05, 0) is 35.6 Å². The predicted octanol–water partition coefficient (Wildman–Crippen LogP) is 3.00. The molecule has 0 aromatic carbocycles. The molecule has 3 N–H and O–H groups in total. The van der Waals surface area contributed by atoms with E-state index in [1.165, 1.54) is 6.20 Å². The summed E-state index contributed by atoms with van der Waals surface area (Å²) in [5, 5.41) is 4.02. The molecule has 3 aromatic rings. The number of hydrogen-bond donors (Lipinski definition) is 2. The van der Waals surface area contributed by atoms with Crippen LogP contribution in [0.5, 0.6) is 0 Å². The topological polar surface area (TPSA) is 107 Å². The number of Topliss-reactive ketones (excluding diaryl/α,β-unsaturated/α-hetero) is 1. The molecule has 0 spiro atoms. The van der Waals surface area contributed by atoms with E-state index in [2.05, 4.69) is 25.3 Å². The summed E-state index contributed by atoms with van der Waals surface area (Å²) in [7, 11) is 0. The highest BCUT2D eigenvalue weighted by Crippen LogP contribution is 2.16. The third kappa shape index (κ3) is 5.24. The molecular weight excluding hydrogens is 360 g/mol. The third-order valence-corrected chi connectivity index (χ3v) is 4.55. The van der Waals surface area contributed by atoms with Gasteiger partial charge in [-0.15, -0.1) is 11.8 Å². The number of anilines is 2. The first-order valence-electron chi connectivity index (χ1n) is 8.52. The maximum Gasteiger partial charge on any atom is 0.187 e. The summed E-state index contributed by atoms with van der Waals surface area (Å²) >= 11 is 1.59. The Morgan fingerprint density at radius 1 is 1.15 bits per heavy atom. The lowest BCUT2D eigenvalue weighted by molar-refractivity contribution is 0.0987. The van der Waals surface area contributed by atoms with E-state index in [1.54, 1.807) is 30.4 Å². The second-order valence-electron chi connectivity index (χ2n) is 5.72. The summed E-state index contributed by atoms with van der Waals surface area (Å²) in [5.74, 6) is 1.28. The highest BCUT2D eigenvalue weighted by atomic mass is 32.2. The fourth-order valence-corrected chi connectivity index (χ4v) is 3.00. The third-order valence-electron chi connectivity index (χ3n) is 3.75. The number of nitrogen functional groups attached to an aromatic ring is 1. The lowest BCUT2D eigenvalue weighted by Gasteiger charge is -2.09. The minimum Gasteiger partial charge on any atom is -0.382 e. The first-order valence-corrected chi connectivity index (χ1v) is 9.50. The molecule has 27 heavy (non-hydrogen) atoms. The van der Waals surface area contributed by atoms with E-state index in [0.717, 1.165) is 27.7 Å². The zero-order valence-electron chi connectivity index (χ0n) is 14.9. The summed E-state index contributed by atoms with van der Waals surface area (Å²) in [6.45, 7) is 2.53. The van der Waals surface area contributed by atoms with Crippen LogP contribution in [0.2, 0.25) is 0 Å². The molecule has 0 bridgehead atoms. The molecule has 0 aliphatic carbocycles. The van der Waals surface area contributed by atoms with Crippen molar-refractivity contribution in [3.05, 3.63) is 66.0 Å². The van der Waals surface area contributed by atoms with Crippen molar-refractivity contribution in [2.45, 2.75) is 24.9 Å². The number of ketones is 1. The van der Waals surface area contributed by atoms with Gasteiger partial charge in [0.05, 0.1) is 30.3 Å². The Hall–Kier alpha value is -3.00. The second-order valence-corrected chi connectivity index (χ2v) is 7.00. The number of carbonyl (C=O) groups excluding carboxylic acids is 1. The van der Waals surface area contributed by atoms with Crippen LogP contribution in [0.1, 0.15) is 28.7 Å². The molecule has 138 valence electrons. The first-order chi connectivity index (χ1) is 13.2. The van der Waals surface area contributed by atoms with Gasteiger partial charge in [-0.2, -0.15) is 0 Å². The summed E-state index contributed by atoms with van der Waals surface area (Å²) in [5.41, 5.74) is 8.63. The fourth-order valence-electron chi connectivity index (χ4n) is 2.45. The van der Waals surface area contributed by atoms with Crippen molar-refractivity contribution >= 4 is 29.1 Å². The Bertz CT molecular complexity index is 916. The van der Waals surface area contributed by atoms with Crippen LogP contribution >= 0.6 is 11.8 Å². The number of rotatable bonds is 8. The fraction of sp³-hybridized carbons (Fsp3) is 0.211. The number of hydrogen-bond acceptors (Lipinski definition) is 8. The molecule has 8 heteroatoms. The second kappa shape index (κ2) is 9.09. The minimum absolute atomic E-state index is 0.0721. The van der Waals surface area contributed by atoms with Crippen molar-refractivity contribution in [1.82, 2.24) is 19.9 Å². The van der Waals surface area contributed by atoms with E-state index in [0.29, 0.717) is 18.1 Å². The van der Waals surface area contributed by atoms with Gasteiger partial charge in [-0.25, -0.2) is 15.0 Å². The molecule has 0 atom stereocenters. The van der Waals surface area contributed by atoms with Gasteiger partial charge in [0, 0.05) is 18.8 Å². The molecule has 3 rings (SSSR count). The van der Waals surface area contributed by atoms with Crippen LogP contribution in [0.15, 0.2) is 54.1 Å². The molecule has 0 saturated heterocycles. The summed E-state index contributed by atoms with van der Waals surface area (Å²) in [4.78, 5) is 29.3. The van der Waals surface area contributed by atoms with E-state index in [1.807, 2.05) is 31.2 Å². The molecule has 0 unspecified atom stereocenters. The molecule has 0 fully saturated rings. The highest BCUT2D eigenvalue weighted by molar-refractivity contribution is 7.99. The van der Waals surface area contributed by atoms with Crippen LogP contribution in [0.3, 0.4) is 0 Å². The number of nitrogens with two attached hydrogens (primary N) is 1. The van der Waals surface area contributed by atoms with Crippen LogP contribution in [0.25, 0.3) is 0 Å². The first kappa shape index (κ1) is 18.8. The van der Waals surface area contributed by atoms with E-state index >= 15 is 0 Å². The van der Waals surface area contributed by atoms with E-state index in [9.17, 15) is 4.79 Å². The van der Waals surface area contributed by atoms with Crippen LogP contribution in [-0.4, -0.2) is 31.5 Å². The lowest BCUT2D eigenvalue weighted by Crippen LogP contribution is -2.09. The van der Waals surface area contributed by atoms with Gasteiger partial charge in [0.2, 0.25) is 0 Å². The molecule has 3 heterocycles. The van der Waals surface area contributed by atoms with Crippen molar-refractivity contribution in [3.63, 3.8) is 0 Å². The molecule has 0 saturated carbocycles. The highest BCUT2D eigenvalue weighted by Gasteiger charge is 2.10. The largest absolute Gasteiger partial charge is 0.382 e. The summed E-state index contributed by atoms with van der Waals surface area (Å²) in [6, 6.07) is 7.39. The zero-order valence-corrected chi connectivity index (χ0v) is 15.7. The molecule has 7 nitrogen and oxygen atoms in total. The van der Waals surface area contributed by atoms with Crippen molar-refractivity contribution in [1.29, 1.82) is 0 Å². The smallest absolute Gasteiger partial charge is 0.187 e. The Kier molecular flexibility index (Phi) is 6.32. The van der Waals surface area contributed by atoms with Crippen LogP contribution < -0.4 is 11.1 Å². The number of thioether (sulfide) groups is 1. The number of nitrogens with one attached hydrogen (secondary N) is 1. The normalized spacial score (nSPS) is 10.6. The van der Waals surface area contributed by atoms with Crippen molar-refractivity contribution < 1.29 is 4.79 Å². The zero-order chi connectivity index (χ0) is 19.1. The molecule has 0 amide bonds. The number of carbonyl (C=O) groups is 1. The van der Waals surface area contributed by atoms with Crippen LogP contribution in [0.4, 0.5) is 11.5 Å². The Labute approximate surface area is 161 Å². The molecule has 0 aliphatic rings. The van der Waals surface area contributed by atoms with Gasteiger partial charge in [0.25, 0.3) is 0 Å². The summed E-state index contributed by atoms with van der Waals surface area (Å²) in [6.07, 6.45) is 6.76. The average Bonchev–Trinajstić information content (AvgIpc) is 2.68. The standard InChI is InChI=1S/C19H20N6OS/c1-2-27-18-12-24-16(11-25-18)17(26)9-13-5-7-21-14(8-13)10-23-15-4-3-6-22-19(15)20/h3-8,11-12,23H,2,9-10H2,1H3,(H2,20,22). The van der Waals surface area contributed by atoms with Crippen LogP contribution in [0, 0.1) is 0 Å². The maximum atomic E-state index is 12.4. The van der Waals surface area contributed by atoms with Crippen molar-refractivity contribution in [3.8, 4) is 0 Å². The van der Waals surface area contributed by atoms with Gasteiger partial charge >= 0.3 is 0 Å². The predicted molar refractivity (Wildman–Crippen MR) is 107 cm³/mol. The molecular formula is C19H20N6OS. The van der Waals surface area contributed by atoms with Gasteiger partial charge < -0.3 is 11.1 Å². The van der Waals surface area contributed by atoms with E-state index in [-0.39, 0.29) is 12.2 Å². The Balaban J connectivity index is 1.63. The number of aromatic nitrogens is 4.